The van der Waals surface area contributed by atoms with Crippen molar-refractivity contribution in [1.82, 2.24) is 25.3 Å². The highest BCUT2D eigenvalue weighted by Gasteiger charge is 2.48. The van der Waals surface area contributed by atoms with Crippen LogP contribution in [0.2, 0.25) is 0 Å². The van der Waals surface area contributed by atoms with Gasteiger partial charge >= 0.3 is 12.2 Å². The highest BCUT2D eigenvalue weighted by molar-refractivity contribution is 6.03. The fourth-order valence-corrected chi connectivity index (χ4v) is 6.15. The normalized spacial score (nSPS) is 20.1. The van der Waals surface area contributed by atoms with Gasteiger partial charge in [-0.2, -0.15) is 13.2 Å². The number of nitrogens with zero attached hydrogens (tertiary/aromatic N) is 3. The molecule has 43 heavy (non-hydrogen) atoms. The van der Waals surface area contributed by atoms with E-state index < -0.39 is 35.8 Å². The maximum Gasteiger partial charge on any atom is 0.416 e. The summed E-state index contributed by atoms with van der Waals surface area (Å²) < 4.78 is 42.1. The van der Waals surface area contributed by atoms with Crippen LogP contribution < -0.4 is 10.6 Å². The van der Waals surface area contributed by atoms with Gasteiger partial charge in [-0.3, -0.25) is 14.5 Å². The number of nitrogens with one attached hydrogen (secondary N) is 2. The molecule has 4 amide bonds. The predicted molar refractivity (Wildman–Crippen MR) is 156 cm³/mol. The topological polar surface area (TPSA) is 85.0 Å². The lowest BCUT2D eigenvalue weighted by Gasteiger charge is -2.33. The minimum atomic E-state index is -4.70. The zero-order chi connectivity index (χ0) is 30.6. The monoisotopic (exact) mass is 595 g/mol. The summed E-state index contributed by atoms with van der Waals surface area (Å²) in [4.78, 5) is 46.1. The summed E-state index contributed by atoms with van der Waals surface area (Å²) in [6, 6.07) is 11.3. The van der Waals surface area contributed by atoms with Gasteiger partial charge < -0.3 is 20.4 Å². The Morgan fingerprint density at radius 3 is 2.44 bits per heavy atom. The number of hydrogen-bond acceptors (Lipinski definition) is 4. The predicted octanol–water partition coefficient (Wildman–Crippen LogP) is 4.27. The van der Waals surface area contributed by atoms with Crippen LogP contribution >= 0.6 is 0 Å². The molecule has 2 aromatic rings. The summed E-state index contributed by atoms with van der Waals surface area (Å²) in [6.07, 6.45) is 0.426. The van der Waals surface area contributed by atoms with Gasteiger partial charge in [-0.15, -0.1) is 6.58 Å². The lowest BCUT2D eigenvalue weighted by Crippen LogP contribution is -2.51. The van der Waals surface area contributed by atoms with Crippen molar-refractivity contribution in [3.63, 3.8) is 0 Å². The Kier molecular flexibility index (Phi) is 9.19. The van der Waals surface area contributed by atoms with Crippen molar-refractivity contribution < 1.29 is 27.6 Å². The second kappa shape index (κ2) is 13.0. The van der Waals surface area contributed by atoms with E-state index in [1.54, 1.807) is 0 Å². The SMILES string of the molecule is C=CCN1C(=O)N[C@@H](c2ccccc2C(F)(F)F)C2=C1CN([C@@H](Cc1ccccc1)C(=O)NCCN1CCCCC1)C2=O. The molecule has 8 nitrogen and oxygen atoms in total. The van der Waals surface area contributed by atoms with E-state index in [0.717, 1.165) is 37.6 Å². The first-order chi connectivity index (χ1) is 20.7. The van der Waals surface area contributed by atoms with Crippen LogP contribution in [0.3, 0.4) is 0 Å². The van der Waals surface area contributed by atoms with Crippen LogP contribution in [0.5, 0.6) is 0 Å². The molecule has 2 atom stereocenters. The summed E-state index contributed by atoms with van der Waals surface area (Å²) in [7, 11) is 0. The van der Waals surface area contributed by atoms with Gasteiger partial charge in [0.2, 0.25) is 5.91 Å². The third-order valence-corrected chi connectivity index (χ3v) is 8.27. The molecule has 228 valence electrons. The minimum absolute atomic E-state index is 0.0253. The van der Waals surface area contributed by atoms with Crippen LogP contribution in [-0.4, -0.2) is 77.9 Å². The molecule has 1 fully saturated rings. The van der Waals surface area contributed by atoms with Gasteiger partial charge in [-0.25, -0.2) is 4.79 Å². The highest BCUT2D eigenvalue weighted by atomic mass is 19.4. The lowest BCUT2D eigenvalue weighted by atomic mass is 9.91. The van der Waals surface area contributed by atoms with E-state index in [1.807, 2.05) is 30.3 Å². The average molecular weight is 596 g/mol. The smallest absolute Gasteiger partial charge is 0.353 e. The maximum atomic E-state index is 14.2. The second-order valence-electron chi connectivity index (χ2n) is 11.1. The molecule has 0 saturated carbocycles. The van der Waals surface area contributed by atoms with Gasteiger partial charge in [0.15, 0.2) is 0 Å². The van der Waals surface area contributed by atoms with Gasteiger partial charge in [0, 0.05) is 26.1 Å². The number of halogens is 3. The second-order valence-corrected chi connectivity index (χ2v) is 11.1. The first-order valence-corrected chi connectivity index (χ1v) is 14.6. The van der Waals surface area contributed by atoms with E-state index >= 15 is 0 Å². The number of piperidine rings is 1. The fraction of sp³-hybridized carbons (Fsp3) is 0.406. The summed E-state index contributed by atoms with van der Waals surface area (Å²) >= 11 is 0. The first-order valence-electron chi connectivity index (χ1n) is 14.6. The molecule has 0 spiro atoms. The Morgan fingerprint density at radius 1 is 1.05 bits per heavy atom. The van der Waals surface area contributed by atoms with Crippen LogP contribution in [0.25, 0.3) is 0 Å². The fourth-order valence-electron chi connectivity index (χ4n) is 6.15. The van der Waals surface area contributed by atoms with Crippen molar-refractivity contribution in [3.05, 3.63) is 95.2 Å². The van der Waals surface area contributed by atoms with Gasteiger partial charge in [0.05, 0.1) is 29.4 Å². The summed E-state index contributed by atoms with van der Waals surface area (Å²) in [5, 5.41) is 5.61. The van der Waals surface area contributed by atoms with Crippen LogP contribution in [0.1, 0.15) is 42.0 Å². The average Bonchev–Trinajstić information content (AvgIpc) is 3.34. The third kappa shape index (κ3) is 6.61. The van der Waals surface area contributed by atoms with Gasteiger partial charge in [-0.1, -0.05) is 61.0 Å². The molecular weight excluding hydrogens is 559 g/mol. The van der Waals surface area contributed by atoms with Crippen molar-refractivity contribution >= 4 is 17.8 Å². The van der Waals surface area contributed by atoms with Crippen LogP contribution in [0, 0.1) is 0 Å². The molecule has 1 saturated heterocycles. The lowest BCUT2D eigenvalue weighted by molar-refractivity contribution is -0.138. The van der Waals surface area contributed by atoms with Crippen molar-refractivity contribution in [1.29, 1.82) is 0 Å². The molecule has 5 rings (SSSR count). The van der Waals surface area contributed by atoms with Crippen LogP contribution in [0.4, 0.5) is 18.0 Å². The molecule has 11 heteroatoms. The van der Waals surface area contributed by atoms with E-state index in [0.29, 0.717) is 13.1 Å². The van der Waals surface area contributed by atoms with E-state index in [1.165, 1.54) is 40.5 Å². The molecule has 2 N–H and O–H groups in total. The summed E-state index contributed by atoms with van der Waals surface area (Å²) in [6.45, 7) is 6.69. The summed E-state index contributed by atoms with van der Waals surface area (Å²) in [5.74, 6) is -0.936. The molecular formula is C32H36F3N5O3. The number of carbonyl (C=O) groups is 3. The summed E-state index contributed by atoms with van der Waals surface area (Å²) in [5.41, 5.74) is -0.0404. The van der Waals surface area contributed by atoms with Gasteiger partial charge in [-0.05, 0) is 43.1 Å². The molecule has 0 aliphatic carbocycles. The number of amides is 4. The van der Waals surface area contributed by atoms with E-state index in [9.17, 15) is 27.6 Å². The van der Waals surface area contributed by atoms with Crippen molar-refractivity contribution in [2.45, 2.75) is 43.9 Å². The molecule has 2 aromatic carbocycles. The minimum Gasteiger partial charge on any atom is -0.353 e. The number of urea groups is 1. The number of hydrogen-bond donors (Lipinski definition) is 2. The van der Waals surface area contributed by atoms with E-state index in [4.69, 9.17) is 0 Å². The number of carbonyl (C=O) groups excluding carboxylic acids is 3. The molecule has 0 aromatic heterocycles. The molecule has 0 unspecified atom stereocenters. The Bertz CT molecular complexity index is 1390. The molecule has 0 radical (unpaired) electrons. The quantitative estimate of drug-likeness (QED) is 0.402. The zero-order valence-corrected chi connectivity index (χ0v) is 23.9. The largest absolute Gasteiger partial charge is 0.416 e. The Morgan fingerprint density at radius 2 is 1.74 bits per heavy atom. The van der Waals surface area contributed by atoms with E-state index in [2.05, 4.69) is 22.1 Å². The maximum absolute atomic E-state index is 14.2. The van der Waals surface area contributed by atoms with Gasteiger partial charge in [0.1, 0.15) is 6.04 Å². The zero-order valence-electron chi connectivity index (χ0n) is 23.9. The standard InChI is InChI=1S/C32H36F3N5O3/c1-2-16-39-26-21-40(30(42)27(26)28(37-31(39)43)23-13-7-8-14-24(23)32(33,34)35)25(20-22-11-5-3-6-12-22)29(41)36-15-19-38-17-9-4-10-18-38/h2-3,5-8,11-14,25,28H,1,4,9-10,15-21H2,(H,36,41)(H,37,43)/t25-,28-/m0/s1. The number of alkyl halides is 3. The van der Waals surface area contributed by atoms with Gasteiger partial charge in [0.25, 0.3) is 5.91 Å². The van der Waals surface area contributed by atoms with Crippen LogP contribution in [-0.2, 0) is 22.2 Å². The Balaban J connectivity index is 1.47. The van der Waals surface area contributed by atoms with Crippen molar-refractivity contribution in [2.75, 3.05) is 39.3 Å². The van der Waals surface area contributed by atoms with Crippen molar-refractivity contribution in [3.8, 4) is 0 Å². The van der Waals surface area contributed by atoms with Crippen molar-refractivity contribution in [2.24, 2.45) is 0 Å². The first kappa shape index (κ1) is 30.3. The Hall–Kier alpha value is -4.12. The number of benzene rings is 2. The third-order valence-electron chi connectivity index (χ3n) is 8.27. The molecule has 3 aliphatic heterocycles. The molecule has 3 aliphatic rings. The molecule has 3 heterocycles. The van der Waals surface area contributed by atoms with E-state index in [-0.39, 0.29) is 42.3 Å². The Labute approximate surface area is 249 Å². The number of likely N-dealkylation sites (tertiary alicyclic amines) is 1. The highest BCUT2D eigenvalue weighted by Crippen LogP contribution is 2.42. The van der Waals surface area contributed by atoms with Crippen LogP contribution in [0.15, 0.2) is 78.5 Å². The molecule has 0 bridgehead atoms. The number of rotatable bonds is 10.